The minimum atomic E-state index is 0.154. The summed E-state index contributed by atoms with van der Waals surface area (Å²) in [6, 6.07) is 13.5. The number of halogens is 2. The maximum absolute atomic E-state index is 11.9. The van der Waals surface area contributed by atoms with E-state index in [-0.39, 0.29) is 11.8 Å². The molecule has 1 N–H and O–H groups in total. The molecule has 0 bridgehead atoms. The summed E-state index contributed by atoms with van der Waals surface area (Å²) in [6.45, 7) is 1.12. The third-order valence-corrected chi connectivity index (χ3v) is 5.42. The number of para-hydroxylation sites is 2. The molecule has 4 nitrogen and oxygen atoms in total. The van der Waals surface area contributed by atoms with Crippen molar-refractivity contribution in [2.75, 3.05) is 6.54 Å². The highest BCUT2D eigenvalue weighted by molar-refractivity contribution is 6.36. The maximum Gasteiger partial charge on any atom is 0.223 e. The van der Waals surface area contributed by atoms with E-state index in [1.165, 1.54) is 0 Å². The van der Waals surface area contributed by atoms with Crippen LogP contribution in [0, 0.1) is 5.92 Å². The van der Waals surface area contributed by atoms with E-state index in [4.69, 9.17) is 28.2 Å². The Kier molecular flexibility index (Phi) is 4.88. The van der Waals surface area contributed by atoms with Gasteiger partial charge in [0.1, 0.15) is 5.82 Å². The third kappa shape index (κ3) is 3.57. The minimum Gasteiger partial charge on any atom is -0.355 e. The predicted molar refractivity (Wildman–Crippen MR) is 105 cm³/mol. The van der Waals surface area contributed by atoms with Gasteiger partial charge in [-0.05, 0) is 37.1 Å². The van der Waals surface area contributed by atoms with E-state index in [1.807, 2.05) is 42.5 Å². The summed E-state index contributed by atoms with van der Waals surface area (Å²) in [7, 11) is 0. The third-order valence-electron chi connectivity index (χ3n) is 4.71. The van der Waals surface area contributed by atoms with Gasteiger partial charge in [-0.25, -0.2) is 4.98 Å². The number of rotatable bonds is 6. The van der Waals surface area contributed by atoms with Crippen LogP contribution in [0.5, 0.6) is 0 Å². The van der Waals surface area contributed by atoms with Crippen LogP contribution in [0.1, 0.15) is 24.2 Å². The summed E-state index contributed by atoms with van der Waals surface area (Å²) in [4.78, 5) is 16.6. The lowest BCUT2D eigenvalue weighted by Crippen LogP contribution is -2.27. The average Bonchev–Trinajstić information content (AvgIpc) is 3.42. The lowest BCUT2D eigenvalue weighted by Gasteiger charge is -2.12. The van der Waals surface area contributed by atoms with Gasteiger partial charge in [0.05, 0.1) is 17.6 Å². The Hall–Kier alpha value is -2.04. The molecule has 0 atom stereocenters. The monoisotopic (exact) mass is 387 g/mol. The van der Waals surface area contributed by atoms with Crippen LogP contribution in [0.25, 0.3) is 11.0 Å². The highest BCUT2D eigenvalue weighted by Gasteiger charge is 2.29. The number of hydrogen-bond acceptors (Lipinski definition) is 2. The molecule has 6 heteroatoms. The van der Waals surface area contributed by atoms with E-state index in [1.54, 1.807) is 0 Å². The molecule has 4 rings (SSSR count). The molecule has 1 heterocycles. The van der Waals surface area contributed by atoms with Crippen molar-refractivity contribution in [3.63, 3.8) is 0 Å². The molecular formula is C20H19Cl2N3O. The molecule has 0 aliphatic heterocycles. The zero-order valence-corrected chi connectivity index (χ0v) is 15.7. The van der Waals surface area contributed by atoms with E-state index < -0.39 is 0 Å². The van der Waals surface area contributed by atoms with Gasteiger partial charge in [0.25, 0.3) is 0 Å². The number of benzene rings is 2. The second-order valence-corrected chi connectivity index (χ2v) is 7.43. The molecule has 0 spiro atoms. The number of nitrogens with one attached hydrogen (secondary N) is 1. The Labute approximate surface area is 162 Å². The minimum absolute atomic E-state index is 0.154. The van der Waals surface area contributed by atoms with E-state index in [0.29, 0.717) is 29.6 Å². The van der Waals surface area contributed by atoms with Crippen molar-refractivity contribution in [2.45, 2.75) is 25.8 Å². The van der Waals surface area contributed by atoms with Gasteiger partial charge in [-0.15, -0.1) is 0 Å². The van der Waals surface area contributed by atoms with Crippen molar-refractivity contribution in [3.05, 3.63) is 63.9 Å². The number of carbonyl (C=O) groups excluding carboxylic acids is 1. The summed E-state index contributed by atoms with van der Waals surface area (Å²) in [5.74, 6) is 1.29. The zero-order valence-electron chi connectivity index (χ0n) is 14.2. The van der Waals surface area contributed by atoms with Gasteiger partial charge in [0.2, 0.25) is 5.91 Å². The zero-order chi connectivity index (χ0) is 18.1. The number of aromatic nitrogens is 2. The van der Waals surface area contributed by atoms with Gasteiger partial charge in [-0.3, -0.25) is 4.79 Å². The molecule has 0 unspecified atom stereocenters. The molecule has 1 aliphatic rings. The summed E-state index contributed by atoms with van der Waals surface area (Å²) < 4.78 is 2.13. The highest BCUT2D eigenvalue weighted by Crippen LogP contribution is 2.29. The topological polar surface area (TPSA) is 46.9 Å². The van der Waals surface area contributed by atoms with Crippen LogP contribution in [0.4, 0.5) is 0 Å². The second kappa shape index (κ2) is 7.29. The van der Waals surface area contributed by atoms with Gasteiger partial charge < -0.3 is 9.88 Å². The summed E-state index contributed by atoms with van der Waals surface area (Å²) >= 11 is 12.7. The molecule has 3 aromatic rings. The van der Waals surface area contributed by atoms with E-state index >= 15 is 0 Å². The number of carbonyl (C=O) groups is 1. The van der Waals surface area contributed by atoms with Gasteiger partial charge in [0.15, 0.2) is 0 Å². The standard InChI is InChI=1S/C20H19Cl2N3O/c21-15-4-3-5-16(22)14(15)12-25-18-7-2-1-6-17(18)24-19(25)10-11-23-20(26)13-8-9-13/h1-7,13H,8-12H2,(H,23,26). The SMILES string of the molecule is O=C(NCCc1nc2ccccc2n1Cc1c(Cl)cccc1Cl)C1CC1. The predicted octanol–water partition coefficient (Wildman–Crippen LogP) is 4.46. The number of fused-ring (bicyclic) bond motifs is 1. The van der Waals surface area contributed by atoms with Crippen molar-refractivity contribution >= 4 is 40.1 Å². The lowest BCUT2D eigenvalue weighted by atomic mass is 10.2. The Balaban J connectivity index is 1.62. The van der Waals surface area contributed by atoms with Gasteiger partial charge in [0, 0.05) is 34.5 Å². The van der Waals surface area contributed by atoms with Crippen LogP contribution in [-0.4, -0.2) is 22.0 Å². The molecule has 1 amide bonds. The van der Waals surface area contributed by atoms with E-state index in [0.717, 1.165) is 35.3 Å². The first-order valence-corrected chi connectivity index (χ1v) is 9.54. The number of imidazole rings is 1. The van der Waals surface area contributed by atoms with Gasteiger partial charge in [-0.2, -0.15) is 0 Å². The molecule has 1 aromatic heterocycles. The molecule has 0 radical (unpaired) electrons. The Morgan fingerprint density at radius 1 is 1.12 bits per heavy atom. The molecule has 134 valence electrons. The van der Waals surface area contributed by atoms with Crippen molar-refractivity contribution < 1.29 is 4.79 Å². The fourth-order valence-corrected chi connectivity index (χ4v) is 3.64. The van der Waals surface area contributed by atoms with Crippen LogP contribution < -0.4 is 5.32 Å². The number of amides is 1. The first-order valence-electron chi connectivity index (χ1n) is 8.78. The molecule has 26 heavy (non-hydrogen) atoms. The van der Waals surface area contributed by atoms with Crippen LogP contribution >= 0.6 is 23.2 Å². The number of nitrogens with zero attached hydrogens (tertiary/aromatic N) is 2. The summed E-state index contributed by atoms with van der Waals surface area (Å²) in [5, 5.41) is 4.29. The van der Waals surface area contributed by atoms with Crippen molar-refractivity contribution in [2.24, 2.45) is 5.92 Å². The molecule has 1 aliphatic carbocycles. The van der Waals surface area contributed by atoms with Crippen LogP contribution in [0.15, 0.2) is 42.5 Å². The highest BCUT2D eigenvalue weighted by atomic mass is 35.5. The molecule has 2 aromatic carbocycles. The fraction of sp³-hybridized carbons (Fsp3) is 0.300. The normalized spacial score (nSPS) is 13.9. The first kappa shape index (κ1) is 17.4. The molecule has 1 fully saturated rings. The van der Waals surface area contributed by atoms with E-state index in [2.05, 4.69) is 9.88 Å². The van der Waals surface area contributed by atoms with E-state index in [9.17, 15) is 4.79 Å². The van der Waals surface area contributed by atoms with Crippen LogP contribution in [-0.2, 0) is 17.8 Å². The summed E-state index contributed by atoms with van der Waals surface area (Å²) in [6.07, 6.45) is 2.68. The van der Waals surface area contributed by atoms with Gasteiger partial charge in [-0.1, -0.05) is 41.4 Å². The fourth-order valence-electron chi connectivity index (χ4n) is 3.12. The van der Waals surface area contributed by atoms with Crippen molar-refractivity contribution in [1.29, 1.82) is 0 Å². The molecule has 1 saturated carbocycles. The quantitative estimate of drug-likeness (QED) is 0.678. The van der Waals surface area contributed by atoms with Crippen molar-refractivity contribution in [1.82, 2.24) is 14.9 Å². The maximum atomic E-state index is 11.9. The Morgan fingerprint density at radius 3 is 2.58 bits per heavy atom. The Morgan fingerprint density at radius 2 is 1.85 bits per heavy atom. The van der Waals surface area contributed by atoms with Crippen molar-refractivity contribution in [3.8, 4) is 0 Å². The largest absolute Gasteiger partial charge is 0.355 e. The van der Waals surface area contributed by atoms with Gasteiger partial charge >= 0.3 is 0 Å². The second-order valence-electron chi connectivity index (χ2n) is 6.62. The lowest BCUT2D eigenvalue weighted by molar-refractivity contribution is -0.122. The molecule has 0 saturated heterocycles. The van der Waals surface area contributed by atoms with Crippen LogP contribution in [0.2, 0.25) is 10.0 Å². The first-order chi connectivity index (χ1) is 12.6. The Bertz CT molecular complexity index is 943. The number of hydrogen-bond donors (Lipinski definition) is 1. The smallest absolute Gasteiger partial charge is 0.223 e. The summed E-state index contributed by atoms with van der Waals surface area (Å²) in [5.41, 5.74) is 2.84. The average molecular weight is 388 g/mol. The molecular weight excluding hydrogens is 369 g/mol. The van der Waals surface area contributed by atoms with Crippen LogP contribution in [0.3, 0.4) is 0 Å².